The van der Waals surface area contributed by atoms with Crippen LogP contribution in [-0.4, -0.2) is 15.8 Å². The molecule has 0 saturated heterocycles. The molecule has 0 spiro atoms. The molecule has 0 aromatic carbocycles. The lowest BCUT2D eigenvalue weighted by molar-refractivity contribution is 0.311. The molecule has 4 nitrogen and oxygen atoms in total. The molecule has 1 saturated carbocycles. The molecule has 0 bridgehead atoms. The van der Waals surface area contributed by atoms with Crippen LogP contribution in [0.15, 0.2) is 6.07 Å². The van der Waals surface area contributed by atoms with Crippen LogP contribution >= 0.6 is 0 Å². The summed E-state index contributed by atoms with van der Waals surface area (Å²) in [5, 5.41) is 4.63. The van der Waals surface area contributed by atoms with Gasteiger partial charge in [0, 0.05) is 24.7 Å². The fraction of sp³-hybridized carbons (Fsp3) is 0.824. The maximum absolute atomic E-state index is 5.79. The third-order valence-corrected chi connectivity index (χ3v) is 4.92. The summed E-state index contributed by atoms with van der Waals surface area (Å²) in [7, 11) is 0. The molecule has 21 heavy (non-hydrogen) atoms. The van der Waals surface area contributed by atoms with E-state index in [2.05, 4.69) is 35.1 Å². The highest BCUT2D eigenvalue weighted by Crippen LogP contribution is 2.28. The minimum atomic E-state index is 0.374. The Morgan fingerprint density at radius 2 is 2.10 bits per heavy atom. The number of hydrogen-bond acceptors (Lipinski definition) is 3. The summed E-state index contributed by atoms with van der Waals surface area (Å²) in [5.41, 5.74) is 5.54. The zero-order valence-electron chi connectivity index (χ0n) is 13.8. The molecular formula is C17H32N4. The summed E-state index contributed by atoms with van der Waals surface area (Å²) >= 11 is 0. The summed E-state index contributed by atoms with van der Waals surface area (Å²) in [4.78, 5) is 0. The van der Waals surface area contributed by atoms with Crippen LogP contribution in [0.5, 0.6) is 0 Å². The molecular weight excluding hydrogens is 260 g/mol. The average Bonchev–Trinajstić information content (AvgIpc) is 2.94. The van der Waals surface area contributed by atoms with E-state index in [0.717, 1.165) is 25.3 Å². The molecule has 2 rings (SSSR count). The first-order chi connectivity index (χ1) is 10.3. The molecule has 1 heterocycles. The highest BCUT2D eigenvalue weighted by Gasteiger charge is 2.17. The van der Waals surface area contributed by atoms with Gasteiger partial charge < -0.3 is 0 Å². The molecule has 1 fully saturated rings. The van der Waals surface area contributed by atoms with Gasteiger partial charge in [0.05, 0.1) is 5.69 Å². The SMILES string of the molecule is CCc1cc(CC(CCC2CCCCC2)NN)n(CC)n1. The van der Waals surface area contributed by atoms with Crippen molar-refractivity contribution in [3.05, 3.63) is 17.5 Å². The summed E-state index contributed by atoms with van der Waals surface area (Å²) in [6.07, 6.45) is 11.6. The monoisotopic (exact) mass is 292 g/mol. The normalized spacial score (nSPS) is 18.0. The van der Waals surface area contributed by atoms with Gasteiger partial charge in [0.1, 0.15) is 0 Å². The first kappa shape index (κ1) is 16.5. The summed E-state index contributed by atoms with van der Waals surface area (Å²) in [6.45, 7) is 5.26. The lowest BCUT2D eigenvalue weighted by Crippen LogP contribution is -2.37. The minimum Gasteiger partial charge on any atom is -0.271 e. The Labute approximate surface area is 129 Å². The van der Waals surface area contributed by atoms with E-state index in [4.69, 9.17) is 5.84 Å². The number of nitrogens with zero attached hydrogens (tertiary/aromatic N) is 2. The second-order valence-electron chi connectivity index (χ2n) is 6.45. The van der Waals surface area contributed by atoms with E-state index in [9.17, 15) is 0 Å². The van der Waals surface area contributed by atoms with Crippen LogP contribution in [0.25, 0.3) is 0 Å². The Bertz CT molecular complexity index is 407. The number of nitrogens with one attached hydrogen (secondary N) is 1. The van der Waals surface area contributed by atoms with Crippen molar-refractivity contribution >= 4 is 0 Å². The summed E-state index contributed by atoms with van der Waals surface area (Å²) in [6, 6.07) is 2.62. The Balaban J connectivity index is 1.87. The fourth-order valence-electron chi connectivity index (χ4n) is 3.54. The van der Waals surface area contributed by atoms with E-state index in [0.29, 0.717) is 6.04 Å². The van der Waals surface area contributed by atoms with E-state index >= 15 is 0 Å². The van der Waals surface area contributed by atoms with Gasteiger partial charge >= 0.3 is 0 Å². The van der Waals surface area contributed by atoms with Gasteiger partial charge in [-0.15, -0.1) is 0 Å². The number of hydrogen-bond donors (Lipinski definition) is 2. The number of rotatable bonds is 8. The maximum atomic E-state index is 5.79. The van der Waals surface area contributed by atoms with Crippen molar-refractivity contribution in [3.63, 3.8) is 0 Å². The topological polar surface area (TPSA) is 55.9 Å². The lowest BCUT2D eigenvalue weighted by atomic mass is 9.85. The third-order valence-electron chi connectivity index (χ3n) is 4.92. The first-order valence-corrected chi connectivity index (χ1v) is 8.78. The van der Waals surface area contributed by atoms with Crippen LogP contribution in [0.3, 0.4) is 0 Å². The standard InChI is InChI=1S/C17H32N4/c1-3-15-12-17(21(4-2)20-15)13-16(19-18)11-10-14-8-6-5-7-9-14/h12,14,16,19H,3-11,13,18H2,1-2H3. The summed E-state index contributed by atoms with van der Waals surface area (Å²) in [5.74, 6) is 6.72. The molecule has 0 amide bonds. The minimum absolute atomic E-state index is 0.374. The molecule has 0 radical (unpaired) electrons. The van der Waals surface area contributed by atoms with Crippen LogP contribution in [0.4, 0.5) is 0 Å². The van der Waals surface area contributed by atoms with Crippen molar-refractivity contribution in [2.45, 2.75) is 84.2 Å². The number of aromatic nitrogens is 2. The van der Waals surface area contributed by atoms with Crippen LogP contribution in [0.1, 0.15) is 70.2 Å². The average molecular weight is 292 g/mol. The van der Waals surface area contributed by atoms with Gasteiger partial charge in [-0.3, -0.25) is 16.0 Å². The van der Waals surface area contributed by atoms with Gasteiger partial charge in [-0.25, -0.2) is 0 Å². The Morgan fingerprint density at radius 3 is 2.71 bits per heavy atom. The molecule has 1 atom stereocenters. The Kier molecular flexibility index (Phi) is 6.71. The van der Waals surface area contributed by atoms with Gasteiger partial charge in [-0.2, -0.15) is 5.10 Å². The van der Waals surface area contributed by atoms with Crippen molar-refractivity contribution in [1.29, 1.82) is 0 Å². The van der Waals surface area contributed by atoms with Gasteiger partial charge in [0.25, 0.3) is 0 Å². The maximum Gasteiger partial charge on any atom is 0.0624 e. The summed E-state index contributed by atoms with van der Waals surface area (Å²) < 4.78 is 2.13. The predicted molar refractivity (Wildman–Crippen MR) is 87.9 cm³/mol. The molecule has 1 unspecified atom stereocenters. The molecule has 120 valence electrons. The molecule has 1 aromatic heterocycles. The van der Waals surface area contributed by atoms with Gasteiger partial charge in [-0.1, -0.05) is 39.0 Å². The lowest BCUT2D eigenvalue weighted by Gasteiger charge is -2.24. The van der Waals surface area contributed by atoms with Crippen molar-refractivity contribution in [1.82, 2.24) is 15.2 Å². The van der Waals surface area contributed by atoms with Gasteiger partial charge in [0.15, 0.2) is 0 Å². The van der Waals surface area contributed by atoms with Gasteiger partial charge in [0.2, 0.25) is 0 Å². The predicted octanol–water partition coefficient (Wildman–Crippen LogP) is 3.20. The molecule has 3 N–H and O–H groups in total. The molecule has 4 heteroatoms. The van der Waals surface area contributed by atoms with E-state index in [1.54, 1.807) is 0 Å². The zero-order valence-corrected chi connectivity index (χ0v) is 13.8. The number of hydrazine groups is 1. The smallest absolute Gasteiger partial charge is 0.0624 e. The largest absolute Gasteiger partial charge is 0.271 e. The van der Waals surface area contributed by atoms with E-state index in [1.807, 2.05) is 0 Å². The Hall–Kier alpha value is -0.870. The van der Waals surface area contributed by atoms with Crippen molar-refractivity contribution < 1.29 is 0 Å². The highest BCUT2D eigenvalue weighted by atomic mass is 15.3. The van der Waals surface area contributed by atoms with E-state index in [1.165, 1.54) is 56.3 Å². The van der Waals surface area contributed by atoms with Crippen LogP contribution < -0.4 is 11.3 Å². The molecule has 0 aliphatic heterocycles. The fourth-order valence-corrected chi connectivity index (χ4v) is 3.54. The molecule has 1 aliphatic rings. The number of aryl methyl sites for hydroxylation is 2. The quantitative estimate of drug-likeness (QED) is 0.571. The zero-order chi connectivity index (χ0) is 15.1. The van der Waals surface area contributed by atoms with Crippen LogP contribution in [-0.2, 0) is 19.4 Å². The molecule has 1 aromatic rings. The second kappa shape index (κ2) is 8.54. The Morgan fingerprint density at radius 1 is 1.33 bits per heavy atom. The van der Waals surface area contributed by atoms with Crippen molar-refractivity contribution in [3.8, 4) is 0 Å². The van der Waals surface area contributed by atoms with E-state index < -0.39 is 0 Å². The van der Waals surface area contributed by atoms with Gasteiger partial charge in [-0.05, 0) is 38.2 Å². The second-order valence-corrected chi connectivity index (χ2v) is 6.45. The highest BCUT2D eigenvalue weighted by molar-refractivity contribution is 5.12. The molecule has 1 aliphatic carbocycles. The van der Waals surface area contributed by atoms with Crippen LogP contribution in [0.2, 0.25) is 0 Å². The third kappa shape index (κ3) is 4.82. The van der Waals surface area contributed by atoms with Crippen molar-refractivity contribution in [2.75, 3.05) is 0 Å². The number of nitrogens with two attached hydrogens (primary N) is 1. The van der Waals surface area contributed by atoms with Crippen LogP contribution in [0, 0.1) is 5.92 Å². The van der Waals surface area contributed by atoms with Crippen molar-refractivity contribution in [2.24, 2.45) is 11.8 Å². The first-order valence-electron chi connectivity index (χ1n) is 8.78. The van der Waals surface area contributed by atoms with E-state index in [-0.39, 0.29) is 0 Å².